The van der Waals surface area contributed by atoms with Gasteiger partial charge in [-0.25, -0.2) is 4.98 Å². The van der Waals surface area contributed by atoms with E-state index >= 15 is 0 Å². The average Bonchev–Trinajstić information content (AvgIpc) is 3.35. The molecule has 1 N–H and O–H groups in total. The summed E-state index contributed by atoms with van der Waals surface area (Å²) in [6.45, 7) is 2.61. The number of pyridine rings is 1. The van der Waals surface area contributed by atoms with Crippen LogP contribution in [0.2, 0.25) is 0 Å². The highest BCUT2D eigenvalue weighted by Gasteiger charge is 2.26. The number of ether oxygens (including phenoxy) is 1. The van der Waals surface area contributed by atoms with Gasteiger partial charge in [-0.05, 0) is 52.2 Å². The first kappa shape index (κ1) is 18.8. The van der Waals surface area contributed by atoms with Crippen LogP contribution < -0.4 is 10.1 Å². The van der Waals surface area contributed by atoms with Crippen LogP contribution in [0.4, 0.5) is 0 Å². The molecular weight excluding hydrogens is 418 g/mol. The highest BCUT2D eigenvalue weighted by molar-refractivity contribution is 9.10. The summed E-state index contributed by atoms with van der Waals surface area (Å²) in [6, 6.07) is 12.4. The molecule has 2 aromatic heterocycles. The monoisotopic (exact) mass is 441 g/mol. The molecule has 1 aliphatic heterocycles. The number of rotatable bonds is 4. The van der Waals surface area contributed by atoms with E-state index in [1.165, 1.54) is 5.56 Å². The molecule has 3 heterocycles. The molecule has 3 aromatic rings. The van der Waals surface area contributed by atoms with Gasteiger partial charge in [0.05, 0.1) is 19.3 Å². The lowest BCUT2D eigenvalue weighted by molar-refractivity contribution is 0.414. The largest absolute Gasteiger partial charge is 0.497 e. The summed E-state index contributed by atoms with van der Waals surface area (Å²) in [6.07, 6.45) is 5.18. The van der Waals surface area contributed by atoms with E-state index in [4.69, 9.17) is 4.74 Å². The van der Waals surface area contributed by atoms with Crippen LogP contribution in [0.3, 0.4) is 0 Å². The van der Waals surface area contributed by atoms with Gasteiger partial charge < -0.3 is 19.4 Å². The number of benzene rings is 1. The zero-order chi connectivity index (χ0) is 19.5. The number of methoxy groups -OCH3 is 1. The van der Waals surface area contributed by atoms with Crippen LogP contribution in [0.1, 0.15) is 23.6 Å². The minimum atomic E-state index is 0.511. The maximum atomic E-state index is 5.26. The zero-order valence-electron chi connectivity index (χ0n) is 16.1. The number of nitrogens with one attached hydrogen (secondary N) is 1. The minimum absolute atomic E-state index is 0.511. The second kappa shape index (κ2) is 8.22. The second-order valence-electron chi connectivity index (χ2n) is 6.95. The molecule has 0 radical (unpaired) electrons. The molecular formula is C21H24BrN5O. The van der Waals surface area contributed by atoms with Crippen molar-refractivity contribution < 1.29 is 4.74 Å². The maximum Gasteiger partial charge on any atom is 0.193 e. The number of nitrogens with zero attached hydrogens (tertiary/aromatic N) is 4. The number of imidazole rings is 1. The number of hydrogen-bond acceptors (Lipinski definition) is 3. The van der Waals surface area contributed by atoms with E-state index in [9.17, 15) is 0 Å². The van der Waals surface area contributed by atoms with Gasteiger partial charge in [-0.15, -0.1) is 0 Å². The third-order valence-corrected chi connectivity index (χ3v) is 5.65. The maximum absolute atomic E-state index is 5.26. The highest BCUT2D eigenvalue weighted by atomic mass is 79.9. The topological polar surface area (TPSA) is 54.2 Å². The van der Waals surface area contributed by atoms with Crippen LogP contribution in [-0.4, -0.2) is 47.5 Å². The first-order chi connectivity index (χ1) is 13.7. The summed E-state index contributed by atoms with van der Waals surface area (Å²) in [4.78, 5) is 11.5. The summed E-state index contributed by atoms with van der Waals surface area (Å²) >= 11 is 3.50. The standard InChI is InChI=1S/C21H24BrN5O/c1-23-21(24-11-18-14-27-13-17(22)5-8-20(27)25-18)26-10-9-16(12-26)15-3-6-19(28-2)7-4-15/h3-8,13-14,16H,9-12H2,1-2H3,(H,23,24). The Hall–Kier alpha value is -2.54. The Morgan fingerprint density at radius 3 is 2.82 bits per heavy atom. The first-order valence-corrected chi connectivity index (χ1v) is 10.2. The van der Waals surface area contributed by atoms with E-state index in [1.807, 2.05) is 48.1 Å². The average molecular weight is 442 g/mol. The van der Waals surface area contributed by atoms with E-state index in [2.05, 4.69) is 48.3 Å². The van der Waals surface area contributed by atoms with Gasteiger partial charge in [0, 0.05) is 42.9 Å². The molecule has 1 fully saturated rings. The van der Waals surface area contributed by atoms with Crippen LogP contribution in [0.25, 0.3) is 5.65 Å². The molecule has 0 spiro atoms. The number of halogens is 1. The van der Waals surface area contributed by atoms with Crippen LogP contribution >= 0.6 is 15.9 Å². The van der Waals surface area contributed by atoms with Gasteiger partial charge in [0.1, 0.15) is 11.4 Å². The molecule has 1 saturated heterocycles. The molecule has 1 aliphatic rings. The van der Waals surface area contributed by atoms with E-state index in [-0.39, 0.29) is 0 Å². The van der Waals surface area contributed by atoms with Crippen molar-refractivity contribution in [3.63, 3.8) is 0 Å². The molecule has 6 nitrogen and oxygen atoms in total. The predicted molar refractivity (Wildman–Crippen MR) is 115 cm³/mol. The fourth-order valence-corrected chi connectivity index (χ4v) is 4.06. The quantitative estimate of drug-likeness (QED) is 0.495. The van der Waals surface area contributed by atoms with Crippen molar-refractivity contribution in [2.45, 2.75) is 18.9 Å². The molecule has 0 aliphatic carbocycles. The first-order valence-electron chi connectivity index (χ1n) is 9.39. The molecule has 0 saturated carbocycles. The Kier molecular flexibility index (Phi) is 5.52. The molecule has 0 amide bonds. The molecule has 146 valence electrons. The van der Waals surface area contributed by atoms with E-state index in [1.54, 1.807) is 7.11 Å². The van der Waals surface area contributed by atoms with Crippen LogP contribution in [0.15, 0.2) is 58.3 Å². The highest BCUT2D eigenvalue weighted by Crippen LogP contribution is 2.28. The summed E-state index contributed by atoms with van der Waals surface area (Å²) in [5.74, 6) is 2.34. The fraction of sp³-hybridized carbons (Fsp3) is 0.333. The van der Waals surface area contributed by atoms with Crippen LogP contribution in [-0.2, 0) is 6.54 Å². The number of guanidine groups is 1. The Balaban J connectivity index is 1.38. The van der Waals surface area contributed by atoms with Crippen molar-refractivity contribution >= 4 is 27.5 Å². The lowest BCUT2D eigenvalue weighted by Gasteiger charge is -2.21. The van der Waals surface area contributed by atoms with Gasteiger partial charge in [0.15, 0.2) is 5.96 Å². The van der Waals surface area contributed by atoms with Crippen molar-refractivity contribution in [1.29, 1.82) is 0 Å². The summed E-state index contributed by atoms with van der Waals surface area (Å²) in [5.41, 5.74) is 3.28. The normalized spacial score (nSPS) is 17.3. The van der Waals surface area contributed by atoms with Crippen molar-refractivity contribution in [2.24, 2.45) is 4.99 Å². The summed E-state index contributed by atoms with van der Waals surface area (Å²) < 4.78 is 8.32. The lowest BCUT2D eigenvalue weighted by atomic mass is 9.98. The SMILES string of the molecule is CN=C(NCc1cn2cc(Br)ccc2n1)N1CCC(c2ccc(OC)cc2)C1. The third kappa shape index (κ3) is 3.99. The molecule has 1 atom stereocenters. The zero-order valence-corrected chi connectivity index (χ0v) is 17.7. The Bertz CT molecular complexity index is 982. The number of aromatic nitrogens is 2. The third-order valence-electron chi connectivity index (χ3n) is 5.18. The second-order valence-corrected chi connectivity index (χ2v) is 7.87. The smallest absolute Gasteiger partial charge is 0.193 e. The fourth-order valence-electron chi connectivity index (χ4n) is 3.71. The summed E-state index contributed by atoms with van der Waals surface area (Å²) in [7, 11) is 3.54. The van der Waals surface area contributed by atoms with Crippen LogP contribution in [0.5, 0.6) is 5.75 Å². The van der Waals surface area contributed by atoms with E-state index in [0.717, 1.165) is 47.0 Å². The Morgan fingerprint density at radius 2 is 2.07 bits per heavy atom. The molecule has 1 unspecified atom stereocenters. The van der Waals surface area contributed by atoms with Gasteiger partial charge >= 0.3 is 0 Å². The predicted octanol–water partition coefficient (Wildman–Crippen LogP) is 3.67. The van der Waals surface area contributed by atoms with Gasteiger partial charge in [0.2, 0.25) is 0 Å². The molecule has 4 rings (SSSR count). The van der Waals surface area contributed by atoms with Gasteiger partial charge in [-0.2, -0.15) is 0 Å². The molecule has 0 bridgehead atoms. The summed E-state index contributed by atoms with van der Waals surface area (Å²) in [5, 5.41) is 3.46. The Morgan fingerprint density at radius 1 is 1.25 bits per heavy atom. The van der Waals surface area contributed by atoms with Crippen molar-refractivity contribution in [3.05, 3.63) is 64.5 Å². The Labute approximate surface area is 173 Å². The number of fused-ring (bicyclic) bond motifs is 1. The molecule has 7 heteroatoms. The van der Waals surface area contributed by atoms with E-state index in [0.29, 0.717) is 12.5 Å². The number of hydrogen-bond donors (Lipinski definition) is 1. The number of likely N-dealkylation sites (tertiary alicyclic amines) is 1. The van der Waals surface area contributed by atoms with Crippen molar-refractivity contribution in [3.8, 4) is 5.75 Å². The number of aliphatic imine (C=N–C) groups is 1. The van der Waals surface area contributed by atoms with Crippen molar-refractivity contribution in [2.75, 3.05) is 27.2 Å². The lowest BCUT2D eigenvalue weighted by Crippen LogP contribution is -2.39. The van der Waals surface area contributed by atoms with E-state index < -0.39 is 0 Å². The van der Waals surface area contributed by atoms with Gasteiger partial charge in [0.25, 0.3) is 0 Å². The molecule has 1 aromatic carbocycles. The molecule has 28 heavy (non-hydrogen) atoms. The van der Waals surface area contributed by atoms with Gasteiger partial charge in [-0.1, -0.05) is 12.1 Å². The van der Waals surface area contributed by atoms with Gasteiger partial charge in [-0.3, -0.25) is 4.99 Å². The van der Waals surface area contributed by atoms with Crippen molar-refractivity contribution in [1.82, 2.24) is 19.6 Å². The minimum Gasteiger partial charge on any atom is -0.497 e. The van der Waals surface area contributed by atoms with Crippen LogP contribution in [0, 0.1) is 0 Å².